The van der Waals surface area contributed by atoms with Gasteiger partial charge in [0.05, 0.1) is 0 Å². The Labute approximate surface area is 81.8 Å². The highest BCUT2D eigenvalue weighted by molar-refractivity contribution is 5.69. The molecule has 2 heterocycles. The van der Waals surface area contributed by atoms with E-state index in [4.69, 9.17) is 5.11 Å². The lowest BCUT2D eigenvalue weighted by molar-refractivity contribution is -0.136. The van der Waals surface area contributed by atoms with Crippen LogP contribution in [0.25, 0.3) is 0 Å². The maximum absolute atomic E-state index is 10.6. The molecule has 0 amide bonds. The van der Waals surface area contributed by atoms with Gasteiger partial charge in [0.1, 0.15) is 18.1 Å². The van der Waals surface area contributed by atoms with E-state index in [0.29, 0.717) is 11.7 Å². The number of aliphatic carboxylic acids is 1. The van der Waals surface area contributed by atoms with Crippen molar-refractivity contribution < 1.29 is 9.90 Å². The number of fused-ring (bicyclic) bond motifs is 1. The Bertz CT molecular complexity index is 359. The molecule has 1 aliphatic rings. The predicted octanol–water partition coefficient (Wildman–Crippen LogP) is 0.487. The van der Waals surface area contributed by atoms with Crippen molar-refractivity contribution in [1.82, 2.24) is 14.8 Å². The van der Waals surface area contributed by atoms with Gasteiger partial charge in [-0.25, -0.2) is 0 Å². The smallest absolute Gasteiger partial charge is 0.311 e. The van der Waals surface area contributed by atoms with Crippen LogP contribution >= 0.6 is 0 Å². The van der Waals surface area contributed by atoms with Gasteiger partial charge in [-0.2, -0.15) is 0 Å². The zero-order chi connectivity index (χ0) is 10.1. The third-order valence-corrected chi connectivity index (χ3v) is 2.57. The zero-order valence-corrected chi connectivity index (χ0v) is 8.10. The van der Waals surface area contributed by atoms with Crippen LogP contribution in [0.3, 0.4) is 0 Å². The Kier molecular flexibility index (Phi) is 2.23. The van der Waals surface area contributed by atoms with Gasteiger partial charge in [-0.1, -0.05) is 6.92 Å². The summed E-state index contributed by atoms with van der Waals surface area (Å²) in [5.74, 6) is 1.25. The van der Waals surface area contributed by atoms with E-state index in [2.05, 4.69) is 17.1 Å². The van der Waals surface area contributed by atoms with E-state index in [9.17, 15) is 4.79 Å². The molecule has 5 heteroatoms. The molecule has 0 fully saturated rings. The van der Waals surface area contributed by atoms with Gasteiger partial charge in [-0.05, 0) is 12.3 Å². The lowest BCUT2D eigenvalue weighted by Crippen LogP contribution is -2.21. The molecule has 0 aromatic carbocycles. The maximum Gasteiger partial charge on any atom is 0.311 e. The Morgan fingerprint density at radius 1 is 1.64 bits per heavy atom. The molecular weight excluding hydrogens is 182 g/mol. The molecule has 14 heavy (non-hydrogen) atoms. The van der Waals surface area contributed by atoms with E-state index in [1.807, 2.05) is 4.57 Å². The van der Waals surface area contributed by atoms with Crippen LogP contribution < -0.4 is 0 Å². The van der Waals surface area contributed by atoms with Gasteiger partial charge in [-0.15, -0.1) is 10.2 Å². The number of aryl methyl sites for hydroxylation is 1. The van der Waals surface area contributed by atoms with Gasteiger partial charge in [0.15, 0.2) is 0 Å². The Hall–Kier alpha value is -1.39. The van der Waals surface area contributed by atoms with Crippen molar-refractivity contribution in [3.63, 3.8) is 0 Å². The van der Waals surface area contributed by atoms with Gasteiger partial charge in [-0.3, -0.25) is 4.79 Å². The summed E-state index contributed by atoms with van der Waals surface area (Å²) >= 11 is 0. The molecule has 0 aliphatic carbocycles. The molecule has 0 saturated carbocycles. The summed E-state index contributed by atoms with van der Waals surface area (Å²) < 4.78 is 1.95. The highest BCUT2D eigenvalue weighted by atomic mass is 16.4. The Balaban J connectivity index is 2.26. The SMILES string of the molecule is CC1CCc2nnc(CC(=O)O)n2C1. The first-order chi connectivity index (χ1) is 6.66. The third kappa shape index (κ3) is 1.62. The lowest BCUT2D eigenvalue weighted by atomic mass is 10.0. The molecule has 0 bridgehead atoms. The van der Waals surface area contributed by atoms with Crippen molar-refractivity contribution in [2.75, 3.05) is 0 Å². The summed E-state index contributed by atoms with van der Waals surface area (Å²) in [6.07, 6.45) is 2.00. The van der Waals surface area contributed by atoms with Crippen molar-refractivity contribution >= 4 is 5.97 Å². The van der Waals surface area contributed by atoms with Crippen LogP contribution in [0.2, 0.25) is 0 Å². The van der Waals surface area contributed by atoms with Crippen molar-refractivity contribution in [1.29, 1.82) is 0 Å². The summed E-state index contributed by atoms with van der Waals surface area (Å²) in [6, 6.07) is 0. The highest BCUT2D eigenvalue weighted by Gasteiger charge is 2.20. The molecule has 1 atom stereocenters. The maximum atomic E-state index is 10.6. The van der Waals surface area contributed by atoms with Crippen LogP contribution in [0, 0.1) is 5.92 Å². The Morgan fingerprint density at radius 3 is 3.14 bits per heavy atom. The summed E-state index contributed by atoms with van der Waals surface area (Å²) in [4.78, 5) is 10.6. The average Bonchev–Trinajstić information content (AvgIpc) is 2.47. The summed E-state index contributed by atoms with van der Waals surface area (Å²) in [7, 11) is 0. The van der Waals surface area contributed by atoms with Crippen molar-refractivity contribution in [3.8, 4) is 0 Å². The number of rotatable bonds is 2. The van der Waals surface area contributed by atoms with Crippen molar-refractivity contribution in [3.05, 3.63) is 11.6 Å². The monoisotopic (exact) mass is 195 g/mol. The van der Waals surface area contributed by atoms with Crippen molar-refractivity contribution in [2.45, 2.75) is 32.7 Å². The minimum atomic E-state index is -0.849. The average molecular weight is 195 g/mol. The number of aromatic nitrogens is 3. The van der Waals surface area contributed by atoms with Crippen LogP contribution in [0.15, 0.2) is 0 Å². The molecule has 1 aromatic heterocycles. The molecule has 0 radical (unpaired) electrons. The fourth-order valence-electron chi connectivity index (χ4n) is 1.81. The molecule has 1 aromatic rings. The zero-order valence-electron chi connectivity index (χ0n) is 8.10. The first kappa shape index (κ1) is 9.18. The normalized spacial score (nSPS) is 20.5. The van der Waals surface area contributed by atoms with Crippen LogP contribution in [-0.4, -0.2) is 25.8 Å². The first-order valence-electron chi connectivity index (χ1n) is 4.79. The molecule has 2 rings (SSSR count). The largest absolute Gasteiger partial charge is 0.481 e. The summed E-state index contributed by atoms with van der Waals surface area (Å²) in [6.45, 7) is 3.01. The lowest BCUT2D eigenvalue weighted by Gasteiger charge is -2.20. The number of carboxylic acids is 1. The molecule has 1 aliphatic heterocycles. The van der Waals surface area contributed by atoms with E-state index in [-0.39, 0.29) is 6.42 Å². The van der Waals surface area contributed by atoms with Gasteiger partial charge in [0.2, 0.25) is 0 Å². The quantitative estimate of drug-likeness (QED) is 0.745. The van der Waals surface area contributed by atoms with E-state index in [1.54, 1.807) is 0 Å². The minimum absolute atomic E-state index is 0.0281. The molecular formula is C9H13N3O2. The topological polar surface area (TPSA) is 68.0 Å². The van der Waals surface area contributed by atoms with Crippen LogP contribution in [0.4, 0.5) is 0 Å². The number of nitrogens with zero attached hydrogens (tertiary/aromatic N) is 3. The molecule has 0 saturated heterocycles. The number of hydrogen-bond acceptors (Lipinski definition) is 3. The van der Waals surface area contributed by atoms with Crippen molar-refractivity contribution in [2.24, 2.45) is 5.92 Å². The van der Waals surface area contributed by atoms with Crippen LogP contribution in [0.1, 0.15) is 25.0 Å². The third-order valence-electron chi connectivity index (χ3n) is 2.57. The first-order valence-corrected chi connectivity index (χ1v) is 4.79. The van der Waals surface area contributed by atoms with Gasteiger partial charge < -0.3 is 9.67 Å². The fraction of sp³-hybridized carbons (Fsp3) is 0.667. The van der Waals surface area contributed by atoms with E-state index in [0.717, 1.165) is 25.2 Å². The van der Waals surface area contributed by atoms with E-state index >= 15 is 0 Å². The second-order valence-electron chi connectivity index (χ2n) is 3.86. The predicted molar refractivity (Wildman–Crippen MR) is 48.8 cm³/mol. The highest BCUT2D eigenvalue weighted by Crippen LogP contribution is 2.19. The minimum Gasteiger partial charge on any atom is -0.481 e. The molecule has 5 nitrogen and oxygen atoms in total. The molecule has 76 valence electrons. The van der Waals surface area contributed by atoms with Gasteiger partial charge >= 0.3 is 5.97 Å². The second-order valence-corrected chi connectivity index (χ2v) is 3.86. The number of carbonyl (C=O) groups is 1. The second kappa shape index (κ2) is 3.40. The summed E-state index contributed by atoms with van der Waals surface area (Å²) in [5.41, 5.74) is 0. The van der Waals surface area contributed by atoms with E-state index in [1.165, 1.54) is 0 Å². The number of hydrogen-bond donors (Lipinski definition) is 1. The van der Waals surface area contributed by atoms with E-state index < -0.39 is 5.97 Å². The van der Waals surface area contributed by atoms with Gasteiger partial charge in [0.25, 0.3) is 0 Å². The number of carboxylic acid groups (broad SMARTS) is 1. The van der Waals surface area contributed by atoms with Gasteiger partial charge in [0, 0.05) is 13.0 Å². The summed E-state index contributed by atoms with van der Waals surface area (Å²) in [5, 5.41) is 16.6. The molecule has 0 spiro atoms. The fourth-order valence-corrected chi connectivity index (χ4v) is 1.81. The van der Waals surface area contributed by atoms with Crippen LogP contribution in [0.5, 0.6) is 0 Å². The molecule has 1 unspecified atom stereocenters. The van der Waals surface area contributed by atoms with Crippen LogP contribution in [-0.2, 0) is 24.2 Å². The molecule has 1 N–H and O–H groups in total. The standard InChI is InChI=1S/C9H13N3O2/c1-6-2-3-7-10-11-8(4-9(13)14)12(7)5-6/h6H,2-5H2,1H3,(H,13,14). The Morgan fingerprint density at radius 2 is 2.43 bits per heavy atom.